The third kappa shape index (κ3) is 21.2. The van der Waals surface area contributed by atoms with E-state index in [-0.39, 0.29) is 18.8 Å². The van der Waals surface area contributed by atoms with E-state index in [1.54, 1.807) is 0 Å². The van der Waals surface area contributed by atoms with Gasteiger partial charge in [-0.3, -0.25) is 9.59 Å². The van der Waals surface area contributed by atoms with E-state index in [2.05, 4.69) is 6.92 Å². The van der Waals surface area contributed by atoms with Gasteiger partial charge in [0.05, 0.1) is 0 Å². The van der Waals surface area contributed by atoms with Gasteiger partial charge >= 0.3 is 11.9 Å². The highest BCUT2D eigenvalue weighted by Gasteiger charge is 2.14. The standard InChI is InChI=1S/C24H46O4/c1-2-3-4-5-6-7-8-9-10-11-12-13-14-15-16-17-18-22(21-24(27)28)19-20-23(25)26/h22H,2-21H2,1H3,(H,25,26)(H,27,28). The summed E-state index contributed by atoms with van der Waals surface area (Å²) in [6.45, 7) is 2.27. The van der Waals surface area contributed by atoms with E-state index >= 15 is 0 Å². The molecule has 4 nitrogen and oxygen atoms in total. The van der Waals surface area contributed by atoms with Crippen molar-refractivity contribution in [3.05, 3.63) is 0 Å². The van der Waals surface area contributed by atoms with E-state index in [0.29, 0.717) is 6.42 Å². The van der Waals surface area contributed by atoms with Crippen molar-refractivity contribution in [2.24, 2.45) is 5.92 Å². The van der Waals surface area contributed by atoms with Crippen LogP contribution < -0.4 is 0 Å². The molecule has 0 aliphatic heterocycles. The van der Waals surface area contributed by atoms with Crippen LogP contribution >= 0.6 is 0 Å². The van der Waals surface area contributed by atoms with Crippen LogP contribution in [0.3, 0.4) is 0 Å². The van der Waals surface area contributed by atoms with Crippen molar-refractivity contribution in [2.75, 3.05) is 0 Å². The highest BCUT2D eigenvalue weighted by molar-refractivity contribution is 5.68. The minimum absolute atomic E-state index is 0.0141. The first-order valence-corrected chi connectivity index (χ1v) is 12.0. The molecule has 1 atom stereocenters. The van der Waals surface area contributed by atoms with Crippen molar-refractivity contribution >= 4 is 11.9 Å². The molecule has 0 saturated carbocycles. The van der Waals surface area contributed by atoms with Gasteiger partial charge in [-0.15, -0.1) is 0 Å². The van der Waals surface area contributed by atoms with Crippen molar-refractivity contribution in [1.29, 1.82) is 0 Å². The lowest BCUT2D eigenvalue weighted by Crippen LogP contribution is -2.10. The molecular formula is C24H46O4. The second kappa shape index (κ2) is 20.7. The fourth-order valence-corrected chi connectivity index (χ4v) is 3.90. The lowest BCUT2D eigenvalue weighted by atomic mass is 9.92. The van der Waals surface area contributed by atoms with Gasteiger partial charge in [0, 0.05) is 12.8 Å². The van der Waals surface area contributed by atoms with Crippen LogP contribution in [0.2, 0.25) is 0 Å². The summed E-state index contributed by atoms with van der Waals surface area (Å²) in [6.07, 6.45) is 22.8. The van der Waals surface area contributed by atoms with Crippen LogP contribution in [0.25, 0.3) is 0 Å². The molecule has 0 saturated heterocycles. The fourth-order valence-electron chi connectivity index (χ4n) is 3.90. The molecular weight excluding hydrogens is 352 g/mol. The highest BCUT2D eigenvalue weighted by Crippen LogP contribution is 2.20. The average Bonchev–Trinajstić information content (AvgIpc) is 2.65. The smallest absolute Gasteiger partial charge is 0.303 e. The molecule has 0 aliphatic rings. The van der Waals surface area contributed by atoms with E-state index in [9.17, 15) is 9.59 Å². The molecule has 0 bridgehead atoms. The predicted molar refractivity (Wildman–Crippen MR) is 117 cm³/mol. The molecule has 1 unspecified atom stereocenters. The number of carboxylic acids is 2. The first-order chi connectivity index (χ1) is 13.6. The van der Waals surface area contributed by atoms with Gasteiger partial charge in [-0.25, -0.2) is 0 Å². The number of carbonyl (C=O) groups is 2. The normalized spacial score (nSPS) is 12.2. The minimum atomic E-state index is -0.831. The lowest BCUT2D eigenvalue weighted by molar-refractivity contribution is -0.140. The van der Waals surface area contributed by atoms with Crippen LogP contribution in [0.15, 0.2) is 0 Å². The van der Waals surface area contributed by atoms with Crippen LogP contribution in [0.5, 0.6) is 0 Å². The molecule has 0 aliphatic carbocycles. The maximum atomic E-state index is 10.9. The van der Waals surface area contributed by atoms with Gasteiger partial charge < -0.3 is 10.2 Å². The van der Waals surface area contributed by atoms with Crippen LogP contribution in [-0.2, 0) is 9.59 Å². The molecule has 0 aromatic rings. The Kier molecular flexibility index (Phi) is 19.9. The van der Waals surface area contributed by atoms with Gasteiger partial charge in [-0.2, -0.15) is 0 Å². The number of unbranched alkanes of at least 4 members (excludes halogenated alkanes) is 15. The number of rotatable bonds is 22. The quantitative estimate of drug-likeness (QED) is 0.184. The molecule has 166 valence electrons. The summed E-state index contributed by atoms with van der Waals surface area (Å²) in [5, 5.41) is 17.7. The Labute approximate surface area is 173 Å². The third-order valence-electron chi connectivity index (χ3n) is 5.70. The fraction of sp³-hybridized carbons (Fsp3) is 0.917. The molecule has 0 rings (SSSR count). The SMILES string of the molecule is CCCCCCCCCCCCCCCCCCC(CCC(=O)O)CC(=O)O. The summed E-state index contributed by atoms with van der Waals surface area (Å²) < 4.78 is 0. The van der Waals surface area contributed by atoms with Gasteiger partial charge in [-0.05, 0) is 18.8 Å². The van der Waals surface area contributed by atoms with Crippen LogP contribution in [-0.4, -0.2) is 22.2 Å². The number of carboxylic acid groups (broad SMARTS) is 2. The van der Waals surface area contributed by atoms with Gasteiger partial charge in [0.15, 0.2) is 0 Å². The second-order valence-corrected chi connectivity index (χ2v) is 8.49. The van der Waals surface area contributed by atoms with Crippen molar-refractivity contribution in [1.82, 2.24) is 0 Å². The largest absolute Gasteiger partial charge is 0.481 e. The number of hydrogen-bond donors (Lipinski definition) is 2. The zero-order valence-electron chi connectivity index (χ0n) is 18.4. The number of hydrogen-bond acceptors (Lipinski definition) is 2. The summed E-state index contributed by atoms with van der Waals surface area (Å²) in [6, 6.07) is 0. The maximum absolute atomic E-state index is 10.9. The molecule has 0 spiro atoms. The Hall–Kier alpha value is -1.06. The van der Waals surface area contributed by atoms with E-state index < -0.39 is 11.9 Å². The van der Waals surface area contributed by atoms with E-state index in [1.807, 2.05) is 0 Å². The number of aliphatic carboxylic acids is 2. The average molecular weight is 399 g/mol. The van der Waals surface area contributed by atoms with Gasteiger partial charge in [0.1, 0.15) is 0 Å². The Morgan fingerprint density at radius 3 is 1.32 bits per heavy atom. The van der Waals surface area contributed by atoms with Crippen molar-refractivity contribution in [3.8, 4) is 0 Å². The van der Waals surface area contributed by atoms with E-state index in [1.165, 1.54) is 89.9 Å². The monoisotopic (exact) mass is 398 g/mol. The van der Waals surface area contributed by atoms with Crippen LogP contribution in [0.1, 0.15) is 135 Å². The first-order valence-electron chi connectivity index (χ1n) is 12.0. The lowest BCUT2D eigenvalue weighted by Gasteiger charge is -2.13. The van der Waals surface area contributed by atoms with Crippen LogP contribution in [0.4, 0.5) is 0 Å². The van der Waals surface area contributed by atoms with Crippen molar-refractivity contribution < 1.29 is 19.8 Å². The second-order valence-electron chi connectivity index (χ2n) is 8.49. The zero-order chi connectivity index (χ0) is 20.9. The molecule has 28 heavy (non-hydrogen) atoms. The van der Waals surface area contributed by atoms with E-state index in [0.717, 1.165) is 19.3 Å². The Morgan fingerprint density at radius 2 is 0.964 bits per heavy atom. The summed E-state index contributed by atoms with van der Waals surface area (Å²) in [4.78, 5) is 21.5. The highest BCUT2D eigenvalue weighted by atomic mass is 16.4. The Balaban J connectivity index is 3.37. The summed E-state index contributed by atoms with van der Waals surface area (Å²) in [5.41, 5.74) is 0. The topological polar surface area (TPSA) is 74.6 Å². The molecule has 4 heteroatoms. The summed E-state index contributed by atoms with van der Waals surface area (Å²) in [7, 11) is 0. The minimum Gasteiger partial charge on any atom is -0.481 e. The molecule has 0 heterocycles. The molecule has 0 fully saturated rings. The Morgan fingerprint density at radius 1 is 0.571 bits per heavy atom. The van der Waals surface area contributed by atoms with Crippen LogP contribution in [0, 0.1) is 5.92 Å². The third-order valence-corrected chi connectivity index (χ3v) is 5.70. The molecule has 0 radical (unpaired) electrons. The molecule has 0 aromatic heterocycles. The van der Waals surface area contributed by atoms with Gasteiger partial charge in [0.2, 0.25) is 0 Å². The molecule has 0 amide bonds. The molecule has 0 aromatic carbocycles. The predicted octanol–water partition coefficient (Wildman–Crippen LogP) is 7.59. The maximum Gasteiger partial charge on any atom is 0.303 e. The van der Waals surface area contributed by atoms with Gasteiger partial charge in [0.25, 0.3) is 0 Å². The summed E-state index contributed by atoms with van der Waals surface area (Å²) >= 11 is 0. The van der Waals surface area contributed by atoms with Gasteiger partial charge in [-0.1, -0.05) is 110 Å². The van der Waals surface area contributed by atoms with E-state index in [4.69, 9.17) is 10.2 Å². The zero-order valence-corrected chi connectivity index (χ0v) is 18.4. The Bertz CT molecular complexity index is 368. The first kappa shape index (κ1) is 26.9. The summed E-state index contributed by atoms with van der Waals surface area (Å²) in [5.74, 6) is -1.63. The van der Waals surface area contributed by atoms with Crippen molar-refractivity contribution in [2.45, 2.75) is 135 Å². The van der Waals surface area contributed by atoms with Crippen molar-refractivity contribution in [3.63, 3.8) is 0 Å². The molecule has 2 N–H and O–H groups in total.